The van der Waals surface area contributed by atoms with Gasteiger partial charge in [-0.05, 0) is 57.6 Å². The quantitative estimate of drug-likeness (QED) is 0.851. The van der Waals surface area contributed by atoms with Crippen LogP contribution >= 0.6 is 0 Å². The SMILES string of the molecule is Cc1ncc(CN2CCCC2Cn2nc3c(cc2=O)CCCC3)cn1. The fraction of sp³-hybridized carbons (Fsp3) is 0.579. The summed E-state index contributed by atoms with van der Waals surface area (Å²) in [5.41, 5.74) is 3.46. The minimum atomic E-state index is 0.0474. The third-order valence-corrected chi connectivity index (χ3v) is 5.38. The molecule has 0 saturated carbocycles. The van der Waals surface area contributed by atoms with Crippen molar-refractivity contribution in [3.8, 4) is 0 Å². The van der Waals surface area contributed by atoms with Gasteiger partial charge >= 0.3 is 0 Å². The van der Waals surface area contributed by atoms with Gasteiger partial charge in [-0.2, -0.15) is 5.10 Å². The maximum Gasteiger partial charge on any atom is 0.267 e. The molecule has 0 bridgehead atoms. The fourth-order valence-corrected chi connectivity index (χ4v) is 3.98. The van der Waals surface area contributed by atoms with Crippen molar-refractivity contribution in [1.82, 2.24) is 24.6 Å². The fourth-order valence-electron chi connectivity index (χ4n) is 3.98. The zero-order valence-corrected chi connectivity index (χ0v) is 14.8. The molecule has 6 nitrogen and oxygen atoms in total. The molecule has 2 aromatic heterocycles. The number of likely N-dealkylation sites (tertiary alicyclic amines) is 1. The van der Waals surface area contributed by atoms with Gasteiger partial charge in [0.1, 0.15) is 5.82 Å². The van der Waals surface area contributed by atoms with Crippen LogP contribution in [0.4, 0.5) is 0 Å². The first-order chi connectivity index (χ1) is 12.2. The van der Waals surface area contributed by atoms with Gasteiger partial charge in [0.05, 0.1) is 12.2 Å². The van der Waals surface area contributed by atoms with Crippen LogP contribution in [0.5, 0.6) is 0 Å². The Bertz CT molecular complexity index is 798. The predicted octanol–water partition coefficient (Wildman–Crippen LogP) is 1.89. The molecule has 1 saturated heterocycles. The maximum absolute atomic E-state index is 12.4. The third kappa shape index (κ3) is 3.63. The Hall–Kier alpha value is -2.08. The Labute approximate surface area is 147 Å². The minimum Gasteiger partial charge on any atom is -0.294 e. The number of aryl methyl sites for hydroxylation is 3. The smallest absolute Gasteiger partial charge is 0.267 e. The second kappa shape index (κ2) is 7.04. The minimum absolute atomic E-state index is 0.0474. The molecule has 0 aromatic carbocycles. The summed E-state index contributed by atoms with van der Waals surface area (Å²) in [5, 5.41) is 4.68. The molecule has 4 rings (SSSR count). The number of hydrogen-bond acceptors (Lipinski definition) is 5. The molecule has 0 amide bonds. The van der Waals surface area contributed by atoms with Crippen LogP contribution in [-0.2, 0) is 25.9 Å². The summed E-state index contributed by atoms with van der Waals surface area (Å²) in [5.74, 6) is 0.798. The highest BCUT2D eigenvalue weighted by Gasteiger charge is 2.26. The van der Waals surface area contributed by atoms with Crippen LogP contribution in [0.2, 0.25) is 0 Å². The van der Waals surface area contributed by atoms with E-state index in [4.69, 9.17) is 0 Å². The first kappa shape index (κ1) is 16.4. The average molecular weight is 339 g/mol. The molecule has 2 aliphatic rings. The molecule has 6 heteroatoms. The monoisotopic (exact) mass is 339 g/mol. The van der Waals surface area contributed by atoms with Crippen molar-refractivity contribution in [3.05, 3.63) is 51.5 Å². The number of fused-ring (bicyclic) bond motifs is 1. The molecule has 2 aromatic rings. The van der Waals surface area contributed by atoms with Gasteiger partial charge in [0, 0.05) is 36.6 Å². The molecule has 1 unspecified atom stereocenters. The van der Waals surface area contributed by atoms with E-state index in [9.17, 15) is 4.79 Å². The Morgan fingerprint density at radius 2 is 1.96 bits per heavy atom. The first-order valence-corrected chi connectivity index (χ1v) is 9.30. The molecular formula is C19H25N5O. The van der Waals surface area contributed by atoms with E-state index in [0.717, 1.165) is 61.4 Å². The standard InChI is InChI=1S/C19H25N5O/c1-14-20-10-15(11-21-14)12-23-8-4-6-17(23)13-24-19(25)9-16-5-2-3-7-18(16)22-24/h9-11,17H,2-8,12-13H2,1H3. The lowest BCUT2D eigenvalue weighted by molar-refractivity contribution is 0.215. The van der Waals surface area contributed by atoms with Gasteiger partial charge in [-0.3, -0.25) is 9.69 Å². The van der Waals surface area contributed by atoms with Gasteiger partial charge in [0.25, 0.3) is 5.56 Å². The number of rotatable bonds is 4. The Kier molecular flexibility index (Phi) is 4.61. The molecule has 132 valence electrons. The molecule has 3 heterocycles. The highest BCUT2D eigenvalue weighted by atomic mass is 16.1. The van der Waals surface area contributed by atoms with Gasteiger partial charge < -0.3 is 0 Å². The lowest BCUT2D eigenvalue weighted by atomic mass is 9.97. The van der Waals surface area contributed by atoms with Crippen LogP contribution < -0.4 is 5.56 Å². The van der Waals surface area contributed by atoms with Crippen molar-refractivity contribution in [2.24, 2.45) is 0 Å². The Morgan fingerprint density at radius 1 is 1.16 bits per heavy atom. The van der Waals surface area contributed by atoms with E-state index in [0.29, 0.717) is 12.6 Å². The van der Waals surface area contributed by atoms with Crippen LogP contribution in [0.25, 0.3) is 0 Å². The summed E-state index contributed by atoms with van der Waals surface area (Å²) in [6.07, 6.45) is 10.4. The summed E-state index contributed by atoms with van der Waals surface area (Å²) in [6.45, 7) is 4.47. The number of aromatic nitrogens is 4. The van der Waals surface area contributed by atoms with Crippen LogP contribution in [0.15, 0.2) is 23.3 Å². The van der Waals surface area contributed by atoms with Crippen molar-refractivity contribution >= 4 is 0 Å². The summed E-state index contributed by atoms with van der Waals surface area (Å²) < 4.78 is 1.69. The number of hydrogen-bond donors (Lipinski definition) is 0. The van der Waals surface area contributed by atoms with Gasteiger partial charge in [-0.15, -0.1) is 0 Å². The molecule has 0 radical (unpaired) electrons. The molecule has 25 heavy (non-hydrogen) atoms. The van der Waals surface area contributed by atoms with Crippen molar-refractivity contribution in [2.45, 2.75) is 64.6 Å². The van der Waals surface area contributed by atoms with E-state index in [1.165, 1.54) is 12.8 Å². The van der Waals surface area contributed by atoms with E-state index >= 15 is 0 Å². The van der Waals surface area contributed by atoms with Crippen LogP contribution in [0.3, 0.4) is 0 Å². The molecule has 1 aliphatic heterocycles. The summed E-state index contributed by atoms with van der Waals surface area (Å²) in [7, 11) is 0. The lowest BCUT2D eigenvalue weighted by Gasteiger charge is -2.25. The summed E-state index contributed by atoms with van der Waals surface area (Å²) >= 11 is 0. The van der Waals surface area contributed by atoms with Gasteiger partial charge in [-0.1, -0.05) is 0 Å². The maximum atomic E-state index is 12.4. The Balaban J connectivity index is 1.49. The average Bonchev–Trinajstić information content (AvgIpc) is 3.04. The van der Waals surface area contributed by atoms with Gasteiger partial charge in [-0.25, -0.2) is 14.6 Å². The van der Waals surface area contributed by atoms with Crippen LogP contribution in [-0.4, -0.2) is 37.2 Å². The zero-order valence-electron chi connectivity index (χ0n) is 14.8. The van der Waals surface area contributed by atoms with Crippen molar-refractivity contribution in [2.75, 3.05) is 6.54 Å². The van der Waals surface area contributed by atoms with Gasteiger partial charge in [0.2, 0.25) is 0 Å². The normalized spacial score (nSPS) is 20.6. The second-order valence-corrected chi connectivity index (χ2v) is 7.25. The molecule has 0 N–H and O–H groups in total. The van der Waals surface area contributed by atoms with E-state index in [-0.39, 0.29) is 5.56 Å². The summed E-state index contributed by atoms with van der Waals surface area (Å²) in [6, 6.07) is 2.17. The number of nitrogens with zero attached hydrogens (tertiary/aromatic N) is 5. The molecule has 1 atom stereocenters. The van der Waals surface area contributed by atoms with Crippen LogP contribution in [0, 0.1) is 6.92 Å². The molecule has 1 aliphatic carbocycles. The van der Waals surface area contributed by atoms with E-state index in [1.807, 2.05) is 25.4 Å². The molecule has 1 fully saturated rings. The van der Waals surface area contributed by atoms with Crippen molar-refractivity contribution < 1.29 is 0 Å². The topological polar surface area (TPSA) is 63.9 Å². The van der Waals surface area contributed by atoms with Gasteiger partial charge in [0.15, 0.2) is 0 Å². The summed E-state index contributed by atoms with van der Waals surface area (Å²) in [4.78, 5) is 23.4. The largest absolute Gasteiger partial charge is 0.294 e. The molecule has 0 spiro atoms. The Morgan fingerprint density at radius 3 is 2.80 bits per heavy atom. The highest BCUT2D eigenvalue weighted by molar-refractivity contribution is 5.20. The van der Waals surface area contributed by atoms with E-state index in [1.54, 1.807) is 4.68 Å². The third-order valence-electron chi connectivity index (χ3n) is 5.38. The predicted molar refractivity (Wildman–Crippen MR) is 95.3 cm³/mol. The second-order valence-electron chi connectivity index (χ2n) is 7.25. The van der Waals surface area contributed by atoms with E-state index in [2.05, 4.69) is 20.0 Å². The van der Waals surface area contributed by atoms with Crippen LogP contribution in [0.1, 0.15) is 48.3 Å². The highest BCUT2D eigenvalue weighted by Crippen LogP contribution is 2.21. The lowest BCUT2D eigenvalue weighted by Crippen LogP contribution is -2.37. The first-order valence-electron chi connectivity index (χ1n) is 9.30. The molecular weight excluding hydrogens is 314 g/mol. The van der Waals surface area contributed by atoms with E-state index < -0.39 is 0 Å². The van der Waals surface area contributed by atoms with Crippen molar-refractivity contribution in [1.29, 1.82) is 0 Å². The zero-order chi connectivity index (χ0) is 17.2. The van der Waals surface area contributed by atoms with Crippen molar-refractivity contribution in [3.63, 3.8) is 0 Å².